The largest absolute Gasteiger partial charge is 0.346 e. The summed E-state index contributed by atoms with van der Waals surface area (Å²) in [5.41, 5.74) is 2.99. The zero-order valence-corrected chi connectivity index (χ0v) is 14.3. The standard InChI is InChI=1S/C17H22N6O/c1-5-14(16-10-22(4)21-12(16)2)8-19-13(3)17(24)20-15-6-7-23(9-15)11-18/h5,8,10,15H,1,6-7,9H2,2-4H3,(H,20,24)/b14-8+,19-13+/t15-/m1/s1. The first kappa shape index (κ1) is 17.5. The van der Waals surface area contributed by atoms with Crippen LogP contribution in [0.15, 0.2) is 30.0 Å². The minimum absolute atomic E-state index is 0.00859. The Morgan fingerprint density at radius 2 is 2.38 bits per heavy atom. The molecule has 0 saturated carbocycles. The molecule has 1 aliphatic heterocycles. The highest BCUT2D eigenvalue weighted by Crippen LogP contribution is 2.18. The van der Waals surface area contributed by atoms with Gasteiger partial charge < -0.3 is 10.2 Å². The zero-order valence-electron chi connectivity index (χ0n) is 14.3. The Labute approximate surface area is 142 Å². The molecule has 2 rings (SSSR count). The van der Waals surface area contributed by atoms with E-state index in [0.717, 1.165) is 23.3 Å². The van der Waals surface area contributed by atoms with E-state index in [-0.39, 0.29) is 11.9 Å². The van der Waals surface area contributed by atoms with E-state index in [9.17, 15) is 4.79 Å². The summed E-state index contributed by atoms with van der Waals surface area (Å²) >= 11 is 0. The van der Waals surface area contributed by atoms with Gasteiger partial charge in [0.1, 0.15) is 5.71 Å². The Balaban J connectivity index is 2.06. The van der Waals surface area contributed by atoms with Crippen molar-refractivity contribution in [2.45, 2.75) is 26.3 Å². The Morgan fingerprint density at radius 1 is 1.62 bits per heavy atom. The molecule has 7 heteroatoms. The van der Waals surface area contributed by atoms with Crippen molar-refractivity contribution in [2.75, 3.05) is 13.1 Å². The lowest BCUT2D eigenvalue weighted by Crippen LogP contribution is -2.39. The molecule has 1 saturated heterocycles. The summed E-state index contributed by atoms with van der Waals surface area (Å²) in [5, 5.41) is 16.0. The third-order valence-corrected chi connectivity index (χ3v) is 3.94. The number of amides is 1. The number of hydrogen-bond donors (Lipinski definition) is 1. The van der Waals surface area contributed by atoms with Gasteiger partial charge in [-0.3, -0.25) is 14.5 Å². The predicted octanol–water partition coefficient (Wildman–Crippen LogP) is 1.39. The summed E-state index contributed by atoms with van der Waals surface area (Å²) in [6, 6.07) is -0.00859. The lowest BCUT2D eigenvalue weighted by molar-refractivity contribution is -0.115. The fraction of sp³-hybridized carbons (Fsp3) is 0.412. The van der Waals surface area contributed by atoms with Gasteiger partial charge >= 0.3 is 0 Å². The van der Waals surface area contributed by atoms with Crippen molar-refractivity contribution in [1.82, 2.24) is 20.0 Å². The molecule has 1 aromatic heterocycles. The van der Waals surface area contributed by atoms with E-state index in [1.54, 1.807) is 28.8 Å². The van der Waals surface area contributed by atoms with Gasteiger partial charge in [0, 0.05) is 49.7 Å². The second-order valence-electron chi connectivity index (χ2n) is 5.81. The number of nitriles is 1. The number of nitrogens with zero attached hydrogens (tertiary/aromatic N) is 5. The molecular weight excluding hydrogens is 304 g/mol. The minimum Gasteiger partial charge on any atom is -0.346 e. The van der Waals surface area contributed by atoms with Crippen LogP contribution in [0.4, 0.5) is 0 Å². The van der Waals surface area contributed by atoms with Gasteiger partial charge in [0.05, 0.1) is 5.69 Å². The summed E-state index contributed by atoms with van der Waals surface area (Å²) in [7, 11) is 1.85. The summed E-state index contributed by atoms with van der Waals surface area (Å²) < 4.78 is 1.73. The highest BCUT2D eigenvalue weighted by atomic mass is 16.1. The summed E-state index contributed by atoms with van der Waals surface area (Å²) in [5.74, 6) is -0.220. The molecule has 1 aliphatic rings. The molecule has 1 aromatic rings. The molecule has 0 aromatic carbocycles. The fourth-order valence-electron chi connectivity index (χ4n) is 2.60. The SMILES string of the molecule is C=C/C(=C\N=C(/C)C(=O)N[C@@H]1CCN(C#N)C1)c1cn(C)nc1C. The fourth-order valence-corrected chi connectivity index (χ4v) is 2.60. The van der Waals surface area contributed by atoms with Crippen molar-refractivity contribution >= 4 is 17.2 Å². The molecule has 0 radical (unpaired) electrons. The smallest absolute Gasteiger partial charge is 0.265 e. The van der Waals surface area contributed by atoms with Crippen LogP contribution in [-0.4, -0.2) is 45.4 Å². The van der Waals surface area contributed by atoms with Crippen LogP contribution in [-0.2, 0) is 11.8 Å². The van der Waals surface area contributed by atoms with Crippen LogP contribution in [0, 0.1) is 18.4 Å². The maximum Gasteiger partial charge on any atom is 0.265 e. The molecule has 2 heterocycles. The molecule has 1 fully saturated rings. The van der Waals surface area contributed by atoms with Crippen LogP contribution in [0.5, 0.6) is 0 Å². The molecule has 24 heavy (non-hydrogen) atoms. The normalized spacial score (nSPS) is 18.4. The maximum atomic E-state index is 12.2. The first-order valence-corrected chi connectivity index (χ1v) is 7.77. The second kappa shape index (κ2) is 7.59. The minimum atomic E-state index is -0.220. The van der Waals surface area contributed by atoms with E-state index in [1.807, 2.05) is 20.2 Å². The van der Waals surface area contributed by atoms with Crippen molar-refractivity contribution in [1.29, 1.82) is 5.26 Å². The first-order chi connectivity index (χ1) is 11.4. The number of allylic oxidation sites excluding steroid dienone is 2. The number of nitrogens with one attached hydrogen (secondary N) is 1. The number of carbonyl (C=O) groups is 1. The van der Waals surface area contributed by atoms with E-state index < -0.39 is 0 Å². The van der Waals surface area contributed by atoms with Crippen LogP contribution >= 0.6 is 0 Å². The average Bonchev–Trinajstić information content (AvgIpc) is 3.14. The Morgan fingerprint density at radius 3 is 2.92 bits per heavy atom. The molecule has 0 spiro atoms. The number of aryl methyl sites for hydroxylation is 2. The third-order valence-electron chi connectivity index (χ3n) is 3.94. The number of hydrogen-bond acceptors (Lipinski definition) is 5. The van der Waals surface area contributed by atoms with Gasteiger partial charge in [-0.1, -0.05) is 12.7 Å². The van der Waals surface area contributed by atoms with E-state index in [1.165, 1.54) is 0 Å². The average molecular weight is 326 g/mol. The Hall–Kier alpha value is -2.88. The zero-order chi connectivity index (χ0) is 17.7. The molecule has 0 aliphatic carbocycles. The number of aliphatic imine (C=N–C) groups is 1. The van der Waals surface area contributed by atoms with Crippen molar-refractivity contribution < 1.29 is 4.79 Å². The van der Waals surface area contributed by atoms with Crippen LogP contribution in [0.1, 0.15) is 24.6 Å². The first-order valence-electron chi connectivity index (χ1n) is 7.77. The molecule has 0 bridgehead atoms. The highest BCUT2D eigenvalue weighted by molar-refractivity contribution is 6.38. The van der Waals surface area contributed by atoms with Crippen molar-refractivity contribution in [3.8, 4) is 6.19 Å². The highest BCUT2D eigenvalue weighted by Gasteiger charge is 2.23. The number of aromatic nitrogens is 2. The lowest BCUT2D eigenvalue weighted by atomic mass is 10.1. The molecule has 7 nitrogen and oxygen atoms in total. The van der Waals surface area contributed by atoms with Crippen LogP contribution < -0.4 is 5.32 Å². The van der Waals surface area contributed by atoms with Gasteiger partial charge in [0.25, 0.3) is 5.91 Å². The molecular formula is C17H22N6O. The van der Waals surface area contributed by atoms with Crippen LogP contribution in [0.25, 0.3) is 5.57 Å². The maximum absolute atomic E-state index is 12.2. The van der Waals surface area contributed by atoms with Gasteiger partial charge in [-0.25, -0.2) is 0 Å². The number of rotatable bonds is 5. The van der Waals surface area contributed by atoms with Gasteiger partial charge in [-0.15, -0.1) is 0 Å². The van der Waals surface area contributed by atoms with Gasteiger partial charge in [0.15, 0.2) is 6.19 Å². The van der Waals surface area contributed by atoms with Gasteiger partial charge in [-0.05, 0) is 20.3 Å². The van der Waals surface area contributed by atoms with Crippen molar-refractivity contribution in [3.05, 3.63) is 36.3 Å². The monoisotopic (exact) mass is 326 g/mol. The second-order valence-corrected chi connectivity index (χ2v) is 5.81. The van der Waals surface area contributed by atoms with Crippen LogP contribution in [0.2, 0.25) is 0 Å². The number of carbonyl (C=O) groups excluding carboxylic acids is 1. The summed E-state index contributed by atoms with van der Waals surface area (Å²) in [4.78, 5) is 18.1. The van der Waals surface area contributed by atoms with Gasteiger partial charge in [-0.2, -0.15) is 10.4 Å². The Kier molecular flexibility index (Phi) is 5.53. The quantitative estimate of drug-likeness (QED) is 0.503. The van der Waals surface area contributed by atoms with Crippen LogP contribution in [0.3, 0.4) is 0 Å². The molecule has 0 unspecified atom stereocenters. The Bertz CT molecular complexity index is 737. The van der Waals surface area contributed by atoms with Crippen molar-refractivity contribution in [2.24, 2.45) is 12.0 Å². The topological polar surface area (TPSA) is 86.3 Å². The summed E-state index contributed by atoms with van der Waals surface area (Å²) in [6.07, 6.45) is 8.08. The molecule has 1 amide bonds. The van der Waals surface area contributed by atoms with Crippen molar-refractivity contribution in [3.63, 3.8) is 0 Å². The predicted molar refractivity (Wildman–Crippen MR) is 93.0 cm³/mol. The van der Waals surface area contributed by atoms with E-state index in [0.29, 0.717) is 18.8 Å². The van der Waals surface area contributed by atoms with E-state index in [4.69, 9.17) is 5.26 Å². The lowest BCUT2D eigenvalue weighted by Gasteiger charge is -2.11. The summed E-state index contributed by atoms with van der Waals surface area (Å²) in [6.45, 7) is 8.61. The third kappa shape index (κ3) is 4.10. The van der Waals surface area contributed by atoms with E-state index >= 15 is 0 Å². The molecule has 1 N–H and O–H groups in total. The van der Waals surface area contributed by atoms with Gasteiger partial charge in [0.2, 0.25) is 0 Å². The number of likely N-dealkylation sites (tertiary alicyclic amines) is 1. The molecule has 126 valence electrons. The van der Waals surface area contributed by atoms with E-state index in [2.05, 4.69) is 28.2 Å². The molecule has 1 atom stereocenters.